The molecule has 0 aliphatic rings. The van der Waals surface area contributed by atoms with E-state index in [-0.39, 0.29) is 6.42 Å². The second-order valence-electron chi connectivity index (χ2n) is 11.9. The third-order valence-corrected chi connectivity index (χ3v) is 13.2. The summed E-state index contributed by atoms with van der Waals surface area (Å²) in [7, 11) is 3.72. The number of thioether (sulfide) groups is 2. The molecule has 0 aromatic carbocycles. The maximum absolute atomic E-state index is 12.7. The lowest BCUT2D eigenvalue weighted by Crippen LogP contribution is -2.34. The Morgan fingerprint density at radius 3 is 1.26 bits per heavy atom. The number of unbranched alkanes of at least 4 members (excludes halogenated alkanes) is 18. The van der Waals surface area contributed by atoms with Gasteiger partial charge in [0.15, 0.2) is 0 Å². The molecule has 0 aliphatic heterocycles. The largest absolute Gasteiger partial charge is 0.481 e. The normalized spacial score (nSPS) is 11.8. The lowest BCUT2D eigenvalue weighted by Gasteiger charge is -2.29. The van der Waals surface area contributed by atoms with Crippen molar-refractivity contribution in [1.82, 2.24) is 0 Å². The van der Waals surface area contributed by atoms with Crippen molar-refractivity contribution in [3.05, 3.63) is 0 Å². The summed E-state index contributed by atoms with van der Waals surface area (Å²) >= 11 is 3.55. The molecule has 4 nitrogen and oxygen atoms in total. The predicted molar refractivity (Wildman–Crippen MR) is 195 cm³/mol. The molecular weight excluding hydrogens is 601 g/mol. The average molecular weight is 667 g/mol. The van der Waals surface area contributed by atoms with Crippen molar-refractivity contribution in [2.24, 2.45) is 5.41 Å². The molecule has 0 aliphatic carbocycles. The van der Waals surface area contributed by atoms with Gasteiger partial charge in [0.2, 0.25) is 0 Å². The highest BCUT2D eigenvalue weighted by Crippen LogP contribution is 2.37. The molecule has 0 atom stereocenters. The number of aliphatic carboxylic acids is 2. The molecule has 8 heteroatoms. The smallest absolute Gasteiger partial charge is 0.310 e. The zero-order valence-electron chi connectivity index (χ0n) is 27.4. The van der Waals surface area contributed by atoms with Crippen LogP contribution in [0.4, 0.5) is 0 Å². The van der Waals surface area contributed by atoms with E-state index in [0.29, 0.717) is 5.75 Å². The highest BCUT2D eigenvalue weighted by atomic mass is 33.1. The van der Waals surface area contributed by atoms with Gasteiger partial charge in [-0.1, -0.05) is 164 Å². The molecule has 0 saturated carbocycles. The summed E-state index contributed by atoms with van der Waals surface area (Å²) < 4.78 is 0. The number of rotatable bonds is 35. The second-order valence-corrected chi connectivity index (χ2v) is 16.9. The molecular formula is C34H66O4S4. The summed E-state index contributed by atoms with van der Waals surface area (Å²) in [5.41, 5.74) is -0.566. The number of carboxylic acids is 2. The lowest BCUT2D eigenvalue weighted by atomic mass is 9.79. The Labute approximate surface area is 277 Å². The first-order valence-electron chi connectivity index (χ1n) is 17.3. The van der Waals surface area contributed by atoms with E-state index in [1.54, 1.807) is 11.8 Å². The Hall–Kier alpha value is 0.340. The van der Waals surface area contributed by atoms with Gasteiger partial charge in [0.05, 0.1) is 11.8 Å². The zero-order valence-corrected chi connectivity index (χ0v) is 30.6. The molecule has 0 fully saturated rings. The first-order valence-corrected chi connectivity index (χ1v) is 22.1. The number of hydrogen-bond donors (Lipinski definition) is 2. The van der Waals surface area contributed by atoms with Crippen LogP contribution in [0, 0.1) is 5.41 Å². The Bertz CT molecular complexity index is 582. The van der Waals surface area contributed by atoms with Crippen molar-refractivity contribution in [3.63, 3.8) is 0 Å². The SMILES string of the molecule is CCCCCCCCCCCCC(CCCCCCCCCCCC)(CSCCSSCCSCCC(=O)O)C(=O)O. The minimum atomic E-state index is -0.722. The molecule has 2 N–H and O–H groups in total. The zero-order chi connectivity index (χ0) is 31.0. The predicted octanol–water partition coefficient (Wildman–Crippen LogP) is 12.0. The van der Waals surface area contributed by atoms with Gasteiger partial charge >= 0.3 is 11.9 Å². The Balaban J connectivity index is 4.40. The van der Waals surface area contributed by atoms with E-state index in [2.05, 4.69) is 13.8 Å². The quantitative estimate of drug-likeness (QED) is 0.0511. The van der Waals surface area contributed by atoms with Crippen molar-refractivity contribution < 1.29 is 19.8 Å². The van der Waals surface area contributed by atoms with Crippen LogP contribution in [0.25, 0.3) is 0 Å². The van der Waals surface area contributed by atoms with Crippen LogP contribution in [-0.2, 0) is 9.59 Å². The second kappa shape index (κ2) is 32.7. The first-order chi connectivity index (χ1) is 20.5. The highest BCUT2D eigenvalue weighted by molar-refractivity contribution is 8.76. The van der Waals surface area contributed by atoms with Gasteiger partial charge in [0.25, 0.3) is 0 Å². The number of carbonyl (C=O) groups is 2. The van der Waals surface area contributed by atoms with E-state index in [0.717, 1.165) is 54.4 Å². The average Bonchev–Trinajstić information content (AvgIpc) is 2.97. The van der Waals surface area contributed by atoms with Crippen molar-refractivity contribution in [2.45, 2.75) is 162 Å². The molecule has 42 heavy (non-hydrogen) atoms. The van der Waals surface area contributed by atoms with Gasteiger partial charge in [-0.05, 0) is 12.8 Å². The molecule has 0 amide bonds. The van der Waals surface area contributed by atoms with Gasteiger partial charge < -0.3 is 10.2 Å². The van der Waals surface area contributed by atoms with Crippen LogP contribution in [0.1, 0.15) is 162 Å². The van der Waals surface area contributed by atoms with Crippen LogP contribution < -0.4 is 0 Å². The van der Waals surface area contributed by atoms with E-state index in [9.17, 15) is 14.7 Å². The fourth-order valence-corrected chi connectivity index (χ4v) is 10.4. The number of carboxylic acid groups (broad SMARTS) is 2. The summed E-state index contributed by atoms with van der Waals surface area (Å²) in [4.78, 5) is 23.3. The lowest BCUT2D eigenvalue weighted by molar-refractivity contribution is -0.148. The standard InChI is InChI=1S/C34H66O4S4/c1-3-5-7-9-11-13-15-17-19-21-24-34(33(37)38,25-22-20-18-16-14-12-10-8-6-4-2)31-40-28-30-42-41-29-27-39-26-23-32(35)36/h3-31H2,1-2H3,(H,35,36)(H,37,38). The first kappa shape index (κ1) is 42.3. The van der Waals surface area contributed by atoms with Gasteiger partial charge in [-0.2, -0.15) is 23.5 Å². The van der Waals surface area contributed by atoms with E-state index >= 15 is 0 Å². The van der Waals surface area contributed by atoms with E-state index in [1.165, 1.54) is 116 Å². The summed E-state index contributed by atoms with van der Waals surface area (Å²) in [6, 6.07) is 0. The minimum Gasteiger partial charge on any atom is -0.481 e. The summed E-state index contributed by atoms with van der Waals surface area (Å²) in [6.07, 6.45) is 27.6. The van der Waals surface area contributed by atoms with Crippen molar-refractivity contribution in [3.8, 4) is 0 Å². The van der Waals surface area contributed by atoms with E-state index < -0.39 is 17.4 Å². The topological polar surface area (TPSA) is 74.6 Å². The Kier molecular flexibility index (Phi) is 33.0. The van der Waals surface area contributed by atoms with Gasteiger partial charge in [0, 0.05) is 34.5 Å². The van der Waals surface area contributed by atoms with Crippen molar-refractivity contribution >= 4 is 57.1 Å². The van der Waals surface area contributed by atoms with Gasteiger partial charge in [-0.15, -0.1) is 0 Å². The van der Waals surface area contributed by atoms with Gasteiger partial charge in [-0.25, -0.2) is 0 Å². The molecule has 0 aromatic rings. The fourth-order valence-electron chi connectivity index (χ4n) is 5.28. The highest BCUT2D eigenvalue weighted by Gasteiger charge is 2.37. The molecule has 0 saturated heterocycles. The molecule has 250 valence electrons. The van der Waals surface area contributed by atoms with Crippen molar-refractivity contribution in [2.75, 3.05) is 34.5 Å². The number of hydrogen-bond acceptors (Lipinski definition) is 6. The van der Waals surface area contributed by atoms with Crippen molar-refractivity contribution in [1.29, 1.82) is 0 Å². The third kappa shape index (κ3) is 27.9. The maximum atomic E-state index is 12.7. The van der Waals surface area contributed by atoms with Gasteiger partial charge in [-0.3, -0.25) is 9.59 Å². The summed E-state index contributed by atoms with van der Waals surface area (Å²) in [6.45, 7) is 4.53. The monoisotopic (exact) mass is 666 g/mol. The minimum absolute atomic E-state index is 0.239. The molecule has 0 heterocycles. The summed E-state index contributed by atoms with van der Waals surface area (Å²) in [5, 5.41) is 19.1. The Morgan fingerprint density at radius 1 is 0.500 bits per heavy atom. The molecule has 0 bridgehead atoms. The molecule has 0 rings (SSSR count). The van der Waals surface area contributed by atoms with Gasteiger partial charge in [0.1, 0.15) is 0 Å². The van der Waals surface area contributed by atoms with Crippen LogP contribution in [0.5, 0.6) is 0 Å². The van der Waals surface area contributed by atoms with Crippen LogP contribution in [0.2, 0.25) is 0 Å². The molecule has 0 aromatic heterocycles. The molecule has 0 unspecified atom stereocenters. The molecule has 0 spiro atoms. The van der Waals surface area contributed by atoms with Crippen LogP contribution in [-0.4, -0.2) is 56.7 Å². The third-order valence-electron chi connectivity index (χ3n) is 8.02. The fraction of sp³-hybridized carbons (Fsp3) is 0.941. The Morgan fingerprint density at radius 2 is 0.881 bits per heavy atom. The maximum Gasteiger partial charge on any atom is 0.310 e. The van der Waals surface area contributed by atoms with Crippen LogP contribution in [0.15, 0.2) is 0 Å². The van der Waals surface area contributed by atoms with E-state index in [1.807, 2.05) is 33.3 Å². The van der Waals surface area contributed by atoms with E-state index in [4.69, 9.17) is 5.11 Å². The van der Waals surface area contributed by atoms with Crippen LogP contribution in [0.3, 0.4) is 0 Å². The molecule has 0 radical (unpaired) electrons. The summed E-state index contributed by atoms with van der Waals surface area (Å²) in [5.74, 6) is 4.17. The van der Waals surface area contributed by atoms with Crippen LogP contribution >= 0.6 is 45.1 Å².